The molecule has 0 saturated heterocycles. The largest absolute Gasteiger partial charge is 0.385 e. The lowest BCUT2D eigenvalue weighted by Crippen LogP contribution is -2.32. The molecular formula is C18H31NO. The summed E-state index contributed by atoms with van der Waals surface area (Å²) in [6, 6.07) is 9.42. The molecule has 0 aliphatic carbocycles. The van der Waals surface area contributed by atoms with E-state index in [1.54, 1.807) is 7.11 Å². The van der Waals surface area contributed by atoms with Gasteiger partial charge in [-0.25, -0.2) is 0 Å². The lowest BCUT2D eigenvalue weighted by Gasteiger charge is -2.27. The first-order valence-corrected chi connectivity index (χ1v) is 7.79. The van der Waals surface area contributed by atoms with Gasteiger partial charge in [-0.2, -0.15) is 0 Å². The second kappa shape index (κ2) is 8.43. The Labute approximate surface area is 124 Å². The highest BCUT2D eigenvalue weighted by Gasteiger charge is 2.18. The SMILES string of the molecule is CCCc1ccc(C(C)NCC(C)(C)CCOC)cc1. The molecule has 0 aliphatic heterocycles. The molecule has 0 bridgehead atoms. The van der Waals surface area contributed by atoms with Crippen LogP contribution in [-0.4, -0.2) is 20.3 Å². The summed E-state index contributed by atoms with van der Waals surface area (Å²) in [5.74, 6) is 0. The topological polar surface area (TPSA) is 21.3 Å². The fraction of sp³-hybridized carbons (Fsp3) is 0.667. The Morgan fingerprint density at radius 1 is 1.20 bits per heavy atom. The van der Waals surface area contributed by atoms with E-state index in [2.05, 4.69) is 57.3 Å². The first-order chi connectivity index (χ1) is 9.48. The zero-order valence-electron chi connectivity index (χ0n) is 13.8. The normalized spacial score (nSPS) is 13.4. The van der Waals surface area contributed by atoms with Crippen molar-refractivity contribution in [3.05, 3.63) is 35.4 Å². The molecule has 0 fully saturated rings. The van der Waals surface area contributed by atoms with Gasteiger partial charge in [-0.05, 0) is 36.3 Å². The van der Waals surface area contributed by atoms with Crippen LogP contribution in [0.1, 0.15) is 57.7 Å². The van der Waals surface area contributed by atoms with Crippen molar-refractivity contribution in [2.75, 3.05) is 20.3 Å². The van der Waals surface area contributed by atoms with Crippen molar-refractivity contribution in [3.63, 3.8) is 0 Å². The summed E-state index contributed by atoms with van der Waals surface area (Å²) in [5, 5.41) is 3.64. The Bertz CT molecular complexity index is 370. The van der Waals surface area contributed by atoms with Gasteiger partial charge in [0.1, 0.15) is 0 Å². The lowest BCUT2D eigenvalue weighted by molar-refractivity contribution is 0.149. The van der Waals surface area contributed by atoms with Crippen LogP contribution in [0.25, 0.3) is 0 Å². The predicted molar refractivity (Wildman–Crippen MR) is 87.1 cm³/mol. The summed E-state index contributed by atoms with van der Waals surface area (Å²) in [7, 11) is 1.77. The first-order valence-electron chi connectivity index (χ1n) is 7.79. The Hall–Kier alpha value is -0.860. The third kappa shape index (κ3) is 6.06. The number of hydrogen-bond donors (Lipinski definition) is 1. The van der Waals surface area contributed by atoms with Gasteiger partial charge in [0.15, 0.2) is 0 Å². The molecule has 0 amide bonds. The molecule has 1 atom stereocenters. The summed E-state index contributed by atoms with van der Waals surface area (Å²) < 4.78 is 5.18. The minimum absolute atomic E-state index is 0.270. The fourth-order valence-corrected chi connectivity index (χ4v) is 2.28. The zero-order chi connectivity index (χ0) is 15.0. The van der Waals surface area contributed by atoms with Crippen molar-refractivity contribution in [2.45, 2.75) is 53.0 Å². The van der Waals surface area contributed by atoms with Crippen LogP contribution in [0.5, 0.6) is 0 Å². The van der Waals surface area contributed by atoms with Gasteiger partial charge in [0.25, 0.3) is 0 Å². The summed E-state index contributed by atoms with van der Waals surface area (Å²) in [4.78, 5) is 0. The highest BCUT2D eigenvalue weighted by atomic mass is 16.5. The maximum Gasteiger partial charge on any atom is 0.0467 e. The standard InChI is InChI=1S/C18H31NO/c1-6-7-16-8-10-17(11-9-16)15(2)19-14-18(3,4)12-13-20-5/h8-11,15,19H,6-7,12-14H2,1-5H3. The molecule has 1 aromatic carbocycles. The Morgan fingerprint density at radius 3 is 2.40 bits per heavy atom. The molecule has 20 heavy (non-hydrogen) atoms. The van der Waals surface area contributed by atoms with Crippen LogP contribution in [0, 0.1) is 5.41 Å². The minimum atomic E-state index is 0.270. The molecule has 0 saturated carbocycles. The average molecular weight is 277 g/mol. The molecule has 2 nitrogen and oxygen atoms in total. The van der Waals surface area contributed by atoms with E-state index < -0.39 is 0 Å². The van der Waals surface area contributed by atoms with Crippen molar-refractivity contribution in [3.8, 4) is 0 Å². The molecule has 1 N–H and O–H groups in total. The van der Waals surface area contributed by atoms with Gasteiger partial charge < -0.3 is 10.1 Å². The Balaban J connectivity index is 2.47. The molecule has 1 aromatic rings. The number of ether oxygens (including phenoxy) is 1. The van der Waals surface area contributed by atoms with Gasteiger partial charge in [-0.1, -0.05) is 51.5 Å². The van der Waals surface area contributed by atoms with Crippen molar-refractivity contribution in [1.82, 2.24) is 5.32 Å². The molecule has 0 radical (unpaired) electrons. The number of aryl methyl sites for hydroxylation is 1. The maximum atomic E-state index is 5.18. The van der Waals surface area contributed by atoms with E-state index in [0.717, 1.165) is 19.6 Å². The highest BCUT2D eigenvalue weighted by molar-refractivity contribution is 5.24. The Morgan fingerprint density at radius 2 is 1.85 bits per heavy atom. The smallest absolute Gasteiger partial charge is 0.0467 e. The third-order valence-electron chi connectivity index (χ3n) is 3.89. The summed E-state index contributed by atoms with van der Waals surface area (Å²) >= 11 is 0. The fourth-order valence-electron chi connectivity index (χ4n) is 2.28. The minimum Gasteiger partial charge on any atom is -0.385 e. The third-order valence-corrected chi connectivity index (χ3v) is 3.89. The number of benzene rings is 1. The molecule has 0 spiro atoms. The number of methoxy groups -OCH3 is 1. The van der Waals surface area contributed by atoms with E-state index in [9.17, 15) is 0 Å². The van der Waals surface area contributed by atoms with Crippen LogP contribution >= 0.6 is 0 Å². The monoisotopic (exact) mass is 277 g/mol. The molecule has 0 aromatic heterocycles. The van der Waals surface area contributed by atoms with E-state index in [4.69, 9.17) is 4.74 Å². The maximum absolute atomic E-state index is 5.18. The van der Waals surface area contributed by atoms with Crippen LogP contribution in [0.4, 0.5) is 0 Å². The highest BCUT2D eigenvalue weighted by Crippen LogP contribution is 2.21. The van der Waals surface area contributed by atoms with Crippen molar-refractivity contribution in [2.24, 2.45) is 5.41 Å². The molecule has 0 heterocycles. The molecule has 2 heteroatoms. The van der Waals surface area contributed by atoms with E-state index in [-0.39, 0.29) is 5.41 Å². The number of nitrogens with one attached hydrogen (secondary N) is 1. The van der Waals surface area contributed by atoms with Gasteiger partial charge in [0.2, 0.25) is 0 Å². The van der Waals surface area contributed by atoms with E-state index in [1.807, 2.05) is 0 Å². The van der Waals surface area contributed by atoms with Gasteiger partial charge in [-0.15, -0.1) is 0 Å². The molecule has 114 valence electrons. The zero-order valence-corrected chi connectivity index (χ0v) is 13.8. The van der Waals surface area contributed by atoms with Crippen LogP contribution < -0.4 is 5.32 Å². The lowest BCUT2D eigenvalue weighted by atomic mass is 9.89. The average Bonchev–Trinajstić information content (AvgIpc) is 2.44. The van der Waals surface area contributed by atoms with Gasteiger partial charge in [0.05, 0.1) is 0 Å². The predicted octanol–water partition coefficient (Wildman–Crippen LogP) is 4.35. The number of rotatable bonds is 9. The number of hydrogen-bond acceptors (Lipinski definition) is 2. The van der Waals surface area contributed by atoms with Crippen molar-refractivity contribution < 1.29 is 4.74 Å². The molecular weight excluding hydrogens is 246 g/mol. The van der Waals surface area contributed by atoms with Crippen LogP contribution in [-0.2, 0) is 11.2 Å². The van der Waals surface area contributed by atoms with Crippen molar-refractivity contribution >= 4 is 0 Å². The molecule has 1 unspecified atom stereocenters. The van der Waals surface area contributed by atoms with E-state index in [1.165, 1.54) is 24.0 Å². The molecule has 1 rings (SSSR count). The quantitative estimate of drug-likeness (QED) is 0.724. The van der Waals surface area contributed by atoms with Crippen LogP contribution in [0.2, 0.25) is 0 Å². The Kier molecular flexibility index (Phi) is 7.25. The van der Waals surface area contributed by atoms with Gasteiger partial charge in [0, 0.05) is 26.3 Å². The van der Waals surface area contributed by atoms with Crippen LogP contribution in [0.15, 0.2) is 24.3 Å². The van der Waals surface area contributed by atoms with Gasteiger partial charge >= 0.3 is 0 Å². The van der Waals surface area contributed by atoms with Crippen LogP contribution in [0.3, 0.4) is 0 Å². The van der Waals surface area contributed by atoms with Gasteiger partial charge in [-0.3, -0.25) is 0 Å². The summed E-state index contributed by atoms with van der Waals surface area (Å²) in [6.07, 6.45) is 3.46. The second-order valence-corrected chi connectivity index (χ2v) is 6.50. The van der Waals surface area contributed by atoms with E-state index in [0.29, 0.717) is 6.04 Å². The summed E-state index contributed by atoms with van der Waals surface area (Å²) in [6.45, 7) is 10.9. The second-order valence-electron chi connectivity index (χ2n) is 6.50. The molecule has 0 aliphatic rings. The van der Waals surface area contributed by atoms with Crippen molar-refractivity contribution in [1.29, 1.82) is 0 Å². The summed E-state index contributed by atoms with van der Waals surface area (Å²) in [5.41, 5.74) is 3.07. The first kappa shape index (κ1) is 17.2. The van der Waals surface area contributed by atoms with E-state index >= 15 is 0 Å².